The molecule has 0 bridgehead atoms. The molecule has 0 saturated heterocycles. The summed E-state index contributed by atoms with van der Waals surface area (Å²) in [6.45, 7) is 3.39. The van der Waals surface area contributed by atoms with Gasteiger partial charge in [0.25, 0.3) is 0 Å². The fraction of sp³-hybridized carbons (Fsp3) is 0.200. The Labute approximate surface area is 207 Å². The number of nitrogen functional groups attached to an aromatic ring is 1. The molecule has 1 heterocycles. The molecule has 7 nitrogen and oxygen atoms in total. The lowest BCUT2D eigenvalue weighted by atomic mass is 10.0. The summed E-state index contributed by atoms with van der Waals surface area (Å²) >= 11 is 7.39. The van der Waals surface area contributed by atoms with Crippen LogP contribution >= 0.6 is 23.4 Å². The van der Waals surface area contributed by atoms with Crippen molar-refractivity contribution in [1.82, 2.24) is 14.9 Å². The van der Waals surface area contributed by atoms with Gasteiger partial charge in [0.15, 0.2) is 0 Å². The van der Waals surface area contributed by atoms with E-state index in [2.05, 4.69) is 9.97 Å². The zero-order valence-electron chi connectivity index (χ0n) is 18.9. The second-order valence-corrected chi connectivity index (χ2v) is 8.97. The van der Waals surface area contributed by atoms with Crippen LogP contribution < -0.4 is 5.73 Å². The van der Waals surface area contributed by atoms with Crippen LogP contribution in [-0.4, -0.2) is 38.1 Å². The van der Waals surface area contributed by atoms with E-state index >= 15 is 0 Å². The first-order valence-electron chi connectivity index (χ1n) is 10.5. The van der Waals surface area contributed by atoms with Crippen molar-refractivity contribution in [3.8, 4) is 11.1 Å². The Hall–Kier alpha value is -3.20. The first kappa shape index (κ1) is 25.4. The molecular formula is C25H25ClN4O3S. The number of benzene rings is 2. The molecule has 3 rings (SSSR count). The maximum atomic E-state index is 13.1. The number of aliphatic hydroxyl groups is 1. The molecule has 0 saturated carbocycles. The van der Waals surface area contributed by atoms with Crippen LogP contribution in [0.15, 0.2) is 65.3 Å². The van der Waals surface area contributed by atoms with Crippen molar-refractivity contribution in [3.05, 3.63) is 87.3 Å². The van der Waals surface area contributed by atoms with Gasteiger partial charge in [-0.25, -0.2) is 9.97 Å². The second kappa shape index (κ2) is 11.8. The fourth-order valence-corrected chi connectivity index (χ4v) is 4.57. The SMILES string of the molecule is C/C(=C(\CCO)SC(=O)c1ccc(-c2ccccc2)cc1Cl)N(C=O)Cc1cnc(C)nc1N. The number of carbonyl (C=O) groups excluding carboxylic acids is 2. The van der Waals surface area contributed by atoms with Crippen LogP contribution in [0.4, 0.5) is 5.82 Å². The van der Waals surface area contributed by atoms with E-state index in [0.29, 0.717) is 39.0 Å². The van der Waals surface area contributed by atoms with Gasteiger partial charge in [-0.15, -0.1) is 0 Å². The van der Waals surface area contributed by atoms with Crippen molar-refractivity contribution in [2.45, 2.75) is 26.8 Å². The quantitative estimate of drug-likeness (QED) is 0.408. The molecule has 3 N–H and O–H groups in total. The molecule has 0 fully saturated rings. The maximum Gasteiger partial charge on any atom is 0.225 e. The highest BCUT2D eigenvalue weighted by atomic mass is 35.5. The summed E-state index contributed by atoms with van der Waals surface area (Å²) < 4.78 is 0. The van der Waals surface area contributed by atoms with Gasteiger partial charge in [0.2, 0.25) is 11.5 Å². The topological polar surface area (TPSA) is 109 Å². The van der Waals surface area contributed by atoms with E-state index in [-0.39, 0.29) is 30.5 Å². The molecule has 0 aliphatic heterocycles. The van der Waals surface area contributed by atoms with Crippen LogP contribution in [0.25, 0.3) is 11.1 Å². The Morgan fingerprint density at radius 2 is 1.94 bits per heavy atom. The molecule has 0 atom stereocenters. The minimum Gasteiger partial charge on any atom is -0.396 e. The Morgan fingerprint density at radius 3 is 2.56 bits per heavy atom. The van der Waals surface area contributed by atoms with E-state index in [1.54, 1.807) is 32.2 Å². The van der Waals surface area contributed by atoms with Crippen molar-refractivity contribution in [1.29, 1.82) is 0 Å². The number of nitrogens with two attached hydrogens (primary N) is 1. The highest BCUT2D eigenvalue weighted by molar-refractivity contribution is 8.17. The van der Waals surface area contributed by atoms with Crippen LogP contribution in [0, 0.1) is 6.92 Å². The zero-order valence-corrected chi connectivity index (χ0v) is 20.4. The number of carbonyl (C=O) groups is 2. The van der Waals surface area contributed by atoms with Crippen molar-refractivity contribution in [3.63, 3.8) is 0 Å². The molecule has 2 aromatic carbocycles. The van der Waals surface area contributed by atoms with E-state index in [1.807, 2.05) is 36.4 Å². The van der Waals surface area contributed by atoms with Crippen LogP contribution in [-0.2, 0) is 11.3 Å². The number of aryl methyl sites for hydroxylation is 1. The summed E-state index contributed by atoms with van der Waals surface area (Å²) in [4.78, 5) is 35.1. The number of aromatic nitrogens is 2. The van der Waals surface area contributed by atoms with Crippen LogP contribution in [0.2, 0.25) is 5.02 Å². The summed E-state index contributed by atoms with van der Waals surface area (Å²) in [5, 5.41) is 9.62. The van der Waals surface area contributed by atoms with E-state index < -0.39 is 0 Å². The summed E-state index contributed by atoms with van der Waals surface area (Å²) in [7, 11) is 0. The second-order valence-electron chi connectivity index (χ2n) is 7.49. The first-order valence-corrected chi connectivity index (χ1v) is 11.7. The lowest BCUT2D eigenvalue weighted by Crippen LogP contribution is -2.22. The summed E-state index contributed by atoms with van der Waals surface area (Å²) in [6, 6.07) is 15.0. The van der Waals surface area contributed by atoms with Gasteiger partial charge in [0.05, 0.1) is 11.6 Å². The van der Waals surface area contributed by atoms with Crippen LogP contribution in [0.3, 0.4) is 0 Å². The maximum absolute atomic E-state index is 13.1. The Bertz CT molecular complexity index is 1220. The molecule has 9 heteroatoms. The number of hydrogen-bond donors (Lipinski definition) is 2. The minimum absolute atomic E-state index is 0.137. The third kappa shape index (κ3) is 6.22. The molecule has 0 aliphatic carbocycles. The predicted molar refractivity (Wildman–Crippen MR) is 136 cm³/mol. The summed E-state index contributed by atoms with van der Waals surface area (Å²) in [6.07, 6.45) is 2.42. The Morgan fingerprint density at radius 1 is 1.21 bits per heavy atom. The standard InChI is InChI=1S/C25H25ClN4O3S/c1-16(30(15-32)14-20-13-28-17(2)29-24(20)27)23(10-11-31)34-25(33)21-9-8-19(12-22(21)26)18-6-4-3-5-7-18/h3-9,12-13,15,31H,10-11,14H2,1-2H3,(H2,27,28,29)/b23-16-. The van der Waals surface area contributed by atoms with Gasteiger partial charge in [-0.1, -0.05) is 48.0 Å². The van der Waals surface area contributed by atoms with E-state index in [9.17, 15) is 14.7 Å². The van der Waals surface area contributed by atoms with Crippen LogP contribution in [0.1, 0.15) is 35.1 Å². The number of nitrogens with zero attached hydrogens (tertiary/aromatic N) is 3. The van der Waals surface area contributed by atoms with Crippen molar-refractivity contribution >= 4 is 40.7 Å². The molecular weight excluding hydrogens is 472 g/mol. The number of rotatable bonds is 9. The number of amides is 1. The van der Waals surface area contributed by atoms with Gasteiger partial charge in [0.1, 0.15) is 11.6 Å². The van der Waals surface area contributed by atoms with Gasteiger partial charge in [-0.3, -0.25) is 9.59 Å². The van der Waals surface area contributed by atoms with Crippen molar-refractivity contribution < 1.29 is 14.7 Å². The molecule has 34 heavy (non-hydrogen) atoms. The lowest BCUT2D eigenvalue weighted by Gasteiger charge is -2.22. The summed E-state index contributed by atoms with van der Waals surface area (Å²) in [5.74, 6) is 0.813. The number of anilines is 1. The smallest absolute Gasteiger partial charge is 0.225 e. The number of aliphatic hydroxyl groups excluding tert-OH is 1. The molecule has 0 aliphatic rings. The Kier molecular flexibility index (Phi) is 8.81. The average molecular weight is 497 g/mol. The Balaban J connectivity index is 1.84. The van der Waals surface area contributed by atoms with Crippen molar-refractivity contribution in [2.75, 3.05) is 12.3 Å². The van der Waals surface area contributed by atoms with Gasteiger partial charge in [0, 0.05) is 41.0 Å². The third-order valence-corrected chi connectivity index (χ3v) is 6.64. The molecule has 1 amide bonds. The van der Waals surface area contributed by atoms with E-state index in [1.165, 1.54) is 4.90 Å². The lowest BCUT2D eigenvalue weighted by molar-refractivity contribution is -0.116. The van der Waals surface area contributed by atoms with E-state index in [4.69, 9.17) is 17.3 Å². The number of hydrogen-bond acceptors (Lipinski definition) is 7. The summed E-state index contributed by atoms with van der Waals surface area (Å²) in [5.41, 5.74) is 9.32. The molecule has 0 spiro atoms. The predicted octanol–water partition coefficient (Wildman–Crippen LogP) is 4.83. The molecule has 0 unspecified atom stereocenters. The number of thioether (sulfide) groups is 1. The first-order chi connectivity index (χ1) is 16.3. The van der Waals surface area contributed by atoms with E-state index in [0.717, 1.165) is 22.9 Å². The largest absolute Gasteiger partial charge is 0.396 e. The highest BCUT2D eigenvalue weighted by Gasteiger charge is 2.19. The monoisotopic (exact) mass is 496 g/mol. The highest BCUT2D eigenvalue weighted by Crippen LogP contribution is 2.33. The third-order valence-electron chi connectivity index (χ3n) is 5.17. The van der Waals surface area contributed by atoms with Gasteiger partial charge >= 0.3 is 0 Å². The minimum atomic E-state index is -0.281. The molecule has 176 valence electrons. The van der Waals surface area contributed by atoms with Crippen LogP contribution in [0.5, 0.6) is 0 Å². The van der Waals surface area contributed by atoms with Gasteiger partial charge < -0.3 is 15.7 Å². The van der Waals surface area contributed by atoms with Crippen molar-refractivity contribution in [2.24, 2.45) is 0 Å². The average Bonchev–Trinajstić information content (AvgIpc) is 2.83. The molecule has 3 aromatic rings. The molecule has 0 radical (unpaired) electrons. The number of allylic oxidation sites excluding steroid dienone is 1. The van der Waals surface area contributed by atoms with Gasteiger partial charge in [-0.2, -0.15) is 0 Å². The number of halogens is 1. The fourth-order valence-electron chi connectivity index (χ4n) is 3.28. The zero-order chi connectivity index (χ0) is 24.7. The van der Waals surface area contributed by atoms with Gasteiger partial charge in [-0.05, 0) is 48.9 Å². The molecule has 1 aromatic heterocycles. The normalized spacial score (nSPS) is 11.6.